The third kappa shape index (κ3) is 7.75. The number of aryl methyl sites for hydroxylation is 1. The lowest BCUT2D eigenvalue weighted by Gasteiger charge is -2.16. The van der Waals surface area contributed by atoms with Gasteiger partial charge in [-0.1, -0.05) is 35.9 Å². The average molecular weight is 512 g/mol. The van der Waals surface area contributed by atoms with Gasteiger partial charge in [-0.05, 0) is 61.9 Å². The van der Waals surface area contributed by atoms with Crippen LogP contribution in [0.25, 0.3) is 0 Å². The second-order valence-corrected chi connectivity index (χ2v) is 9.25. The highest BCUT2D eigenvalue weighted by atomic mass is 35.5. The summed E-state index contributed by atoms with van der Waals surface area (Å²) < 4.78 is 0. The molecular weight excluding hydrogens is 482 g/mol. The topological polar surface area (TPSA) is 125 Å². The lowest BCUT2D eigenvalue weighted by Crippen LogP contribution is -2.41. The van der Waals surface area contributed by atoms with Gasteiger partial charge in [0.15, 0.2) is 5.78 Å². The summed E-state index contributed by atoms with van der Waals surface area (Å²) in [4.78, 5) is 53.6. The number of Topliss-reactive ketones (excluding diaryl/α,β-unsaturated/α-hetero) is 1. The zero-order valence-electron chi connectivity index (χ0n) is 20.2. The fourth-order valence-electron chi connectivity index (χ4n) is 4.04. The Balaban J connectivity index is 1.50. The molecule has 0 unspecified atom stereocenters. The lowest BCUT2D eigenvalue weighted by atomic mass is 10.00. The summed E-state index contributed by atoms with van der Waals surface area (Å²) in [5.74, 6) is -2.60. The molecule has 2 aromatic carbocycles. The molecule has 9 heteroatoms. The van der Waals surface area contributed by atoms with E-state index in [9.17, 15) is 24.3 Å². The summed E-state index contributed by atoms with van der Waals surface area (Å²) in [7, 11) is 0. The zero-order chi connectivity index (χ0) is 26.1. The van der Waals surface area contributed by atoms with Crippen LogP contribution < -0.4 is 10.6 Å². The van der Waals surface area contributed by atoms with Gasteiger partial charge in [0.2, 0.25) is 0 Å². The summed E-state index contributed by atoms with van der Waals surface area (Å²) >= 11 is 6.09. The van der Waals surface area contributed by atoms with Gasteiger partial charge in [-0.2, -0.15) is 0 Å². The number of aliphatic carboxylic acids is 1. The van der Waals surface area contributed by atoms with Crippen LogP contribution in [0, 0.1) is 6.92 Å². The molecule has 8 nitrogen and oxygen atoms in total. The Labute approximate surface area is 215 Å². The van der Waals surface area contributed by atoms with E-state index in [1.165, 1.54) is 0 Å². The fourth-order valence-corrected chi connectivity index (χ4v) is 4.35. The van der Waals surface area contributed by atoms with E-state index in [0.29, 0.717) is 17.5 Å². The number of halogens is 1. The molecule has 3 N–H and O–H groups in total. The summed E-state index contributed by atoms with van der Waals surface area (Å²) in [6, 6.07) is 10.9. The summed E-state index contributed by atoms with van der Waals surface area (Å²) in [5, 5.41) is 14.7. The molecule has 0 saturated carbocycles. The Kier molecular flexibility index (Phi) is 9.76. The SMILES string of the molecule is Cc1cccc(Cl)c1C(=O)N[C@@H](CCC(=O)CNC(=O)c1cccc(CC2=NCCCC2)c1)C(=O)O. The van der Waals surface area contributed by atoms with Crippen molar-refractivity contribution in [3.63, 3.8) is 0 Å². The first-order valence-electron chi connectivity index (χ1n) is 11.9. The number of carboxylic acid groups (broad SMARTS) is 1. The monoisotopic (exact) mass is 511 g/mol. The maximum atomic E-state index is 12.6. The van der Waals surface area contributed by atoms with Crippen LogP contribution in [-0.4, -0.2) is 53.5 Å². The van der Waals surface area contributed by atoms with Crippen molar-refractivity contribution in [3.8, 4) is 0 Å². The van der Waals surface area contributed by atoms with Crippen molar-refractivity contribution in [2.45, 2.75) is 51.5 Å². The van der Waals surface area contributed by atoms with Crippen molar-refractivity contribution in [1.82, 2.24) is 10.6 Å². The number of amides is 2. The average Bonchev–Trinajstić information content (AvgIpc) is 2.85. The third-order valence-electron chi connectivity index (χ3n) is 6.02. The molecule has 2 aromatic rings. The molecule has 0 radical (unpaired) electrons. The number of nitrogens with zero attached hydrogens (tertiary/aromatic N) is 1. The Morgan fingerprint density at radius 1 is 1.08 bits per heavy atom. The maximum absolute atomic E-state index is 12.6. The van der Waals surface area contributed by atoms with E-state index < -0.39 is 17.9 Å². The van der Waals surface area contributed by atoms with Gasteiger partial charge in [0.25, 0.3) is 11.8 Å². The van der Waals surface area contributed by atoms with E-state index in [1.54, 1.807) is 43.3 Å². The van der Waals surface area contributed by atoms with Crippen LogP contribution in [0.15, 0.2) is 47.5 Å². The summed E-state index contributed by atoms with van der Waals surface area (Å²) in [5.41, 5.74) is 3.38. The van der Waals surface area contributed by atoms with E-state index >= 15 is 0 Å². The van der Waals surface area contributed by atoms with E-state index in [-0.39, 0.29) is 41.7 Å². The second kappa shape index (κ2) is 13.0. The molecule has 0 aromatic heterocycles. The highest BCUT2D eigenvalue weighted by Crippen LogP contribution is 2.19. The number of hydrogen-bond acceptors (Lipinski definition) is 5. The largest absolute Gasteiger partial charge is 0.480 e. The second-order valence-electron chi connectivity index (χ2n) is 8.84. The molecular formula is C27H30ClN3O5. The van der Waals surface area contributed by atoms with Crippen LogP contribution in [0.3, 0.4) is 0 Å². The van der Waals surface area contributed by atoms with Crippen molar-refractivity contribution in [2.75, 3.05) is 13.1 Å². The molecule has 36 heavy (non-hydrogen) atoms. The molecule has 1 heterocycles. The molecule has 1 aliphatic heterocycles. The standard InChI is InChI=1S/C27H30ClN3O5/c1-17-6-4-10-22(28)24(17)26(34)31-23(27(35)36)12-11-21(32)16-30-25(33)19-8-5-7-18(14-19)15-20-9-2-3-13-29-20/h4-8,10,14,23H,2-3,9,11-13,15-16H2,1H3,(H,30,33)(H,31,34)(H,35,36)/t23-/m0/s1. The molecule has 190 valence electrons. The molecule has 0 spiro atoms. The summed E-state index contributed by atoms with van der Waals surface area (Å²) in [6.45, 7) is 2.31. The van der Waals surface area contributed by atoms with Crippen molar-refractivity contribution in [3.05, 3.63) is 69.7 Å². The summed E-state index contributed by atoms with van der Waals surface area (Å²) in [6.07, 6.45) is 3.68. The first-order valence-corrected chi connectivity index (χ1v) is 12.3. The van der Waals surface area contributed by atoms with Gasteiger partial charge in [0.1, 0.15) is 6.04 Å². The van der Waals surface area contributed by atoms with Crippen LogP contribution in [0.2, 0.25) is 5.02 Å². The van der Waals surface area contributed by atoms with Gasteiger partial charge in [-0.25, -0.2) is 4.79 Å². The van der Waals surface area contributed by atoms with Gasteiger partial charge in [-0.3, -0.25) is 19.4 Å². The molecule has 0 aliphatic carbocycles. The molecule has 3 rings (SSSR count). The van der Waals surface area contributed by atoms with Crippen LogP contribution in [0.4, 0.5) is 0 Å². The normalized spacial score (nSPS) is 13.9. The molecule has 1 atom stereocenters. The van der Waals surface area contributed by atoms with Crippen molar-refractivity contribution in [2.24, 2.45) is 4.99 Å². The quantitative estimate of drug-likeness (QED) is 0.423. The van der Waals surface area contributed by atoms with E-state index in [1.807, 2.05) is 6.07 Å². The van der Waals surface area contributed by atoms with Crippen molar-refractivity contribution >= 4 is 40.9 Å². The number of nitrogens with one attached hydrogen (secondary N) is 2. The predicted octanol–water partition coefficient (Wildman–Crippen LogP) is 3.78. The number of aliphatic imine (C=N–C) groups is 1. The Bertz CT molecular complexity index is 1160. The Morgan fingerprint density at radius 3 is 2.56 bits per heavy atom. The van der Waals surface area contributed by atoms with E-state index in [0.717, 1.165) is 37.1 Å². The molecule has 0 fully saturated rings. The van der Waals surface area contributed by atoms with E-state index in [2.05, 4.69) is 15.6 Å². The molecule has 0 saturated heterocycles. The van der Waals surface area contributed by atoms with Crippen LogP contribution in [0.1, 0.15) is 63.9 Å². The smallest absolute Gasteiger partial charge is 0.326 e. The number of benzene rings is 2. The number of rotatable bonds is 11. The van der Waals surface area contributed by atoms with Gasteiger partial charge in [0, 0.05) is 30.7 Å². The van der Waals surface area contributed by atoms with Crippen molar-refractivity contribution < 1.29 is 24.3 Å². The third-order valence-corrected chi connectivity index (χ3v) is 6.33. The van der Waals surface area contributed by atoms with Crippen LogP contribution >= 0.6 is 11.6 Å². The molecule has 1 aliphatic rings. The number of hydrogen-bond donors (Lipinski definition) is 3. The molecule has 0 bridgehead atoms. The highest BCUT2D eigenvalue weighted by molar-refractivity contribution is 6.34. The minimum Gasteiger partial charge on any atom is -0.480 e. The van der Waals surface area contributed by atoms with Crippen molar-refractivity contribution in [1.29, 1.82) is 0 Å². The van der Waals surface area contributed by atoms with Crippen LogP contribution in [0.5, 0.6) is 0 Å². The zero-order valence-corrected chi connectivity index (χ0v) is 20.9. The first kappa shape index (κ1) is 27.1. The Morgan fingerprint density at radius 2 is 1.86 bits per heavy atom. The minimum atomic E-state index is -1.27. The Hall–Kier alpha value is -3.52. The number of carbonyl (C=O) groups is 4. The highest BCUT2D eigenvalue weighted by Gasteiger charge is 2.24. The van der Waals surface area contributed by atoms with Gasteiger partial charge < -0.3 is 15.7 Å². The van der Waals surface area contributed by atoms with E-state index in [4.69, 9.17) is 11.6 Å². The minimum absolute atomic E-state index is 0.114. The van der Waals surface area contributed by atoms with Gasteiger partial charge >= 0.3 is 5.97 Å². The number of carbonyl (C=O) groups excluding carboxylic acids is 3. The molecule has 2 amide bonds. The fraction of sp³-hybridized carbons (Fsp3) is 0.370. The van der Waals surface area contributed by atoms with Gasteiger partial charge in [0.05, 0.1) is 17.1 Å². The number of ketones is 1. The van der Waals surface area contributed by atoms with Crippen LogP contribution in [-0.2, 0) is 16.0 Å². The predicted molar refractivity (Wildman–Crippen MR) is 138 cm³/mol. The number of carboxylic acids is 1. The maximum Gasteiger partial charge on any atom is 0.326 e. The first-order chi connectivity index (χ1) is 17.2. The van der Waals surface area contributed by atoms with Gasteiger partial charge in [-0.15, -0.1) is 0 Å². The lowest BCUT2D eigenvalue weighted by molar-refractivity contribution is -0.139.